The molecule has 1 N–H and O–H groups in total. The highest BCUT2D eigenvalue weighted by Gasteiger charge is 2.17. The van der Waals surface area contributed by atoms with Crippen molar-refractivity contribution in [3.8, 4) is 22.6 Å². The van der Waals surface area contributed by atoms with Crippen LogP contribution in [0.25, 0.3) is 27.4 Å². The summed E-state index contributed by atoms with van der Waals surface area (Å²) in [6.45, 7) is 6.69. The van der Waals surface area contributed by atoms with Gasteiger partial charge in [0.05, 0.1) is 19.1 Å². The van der Waals surface area contributed by atoms with Crippen LogP contribution >= 0.6 is 11.3 Å². The van der Waals surface area contributed by atoms with Gasteiger partial charge < -0.3 is 9.47 Å². The molecule has 0 fully saturated rings. The van der Waals surface area contributed by atoms with E-state index >= 15 is 0 Å². The number of rotatable bonds is 8. The first-order valence-corrected chi connectivity index (χ1v) is 12.0. The second-order valence-electron chi connectivity index (χ2n) is 8.42. The molecule has 0 saturated heterocycles. The summed E-state index contributed by atoms with van der Waals surface area (Å²) in [7, 11) is 1.57. The number of nitrogens with zero attached hydrogens (tertiary/aromatic N) is 2. The summed E-state index contributed by atoms with van der Waals surface area (Å²) in [5, 5.41) is 0.493. The maximum atomic E-state index is 13.2. The molecule has 0 atom stereocenters. The number of nitrogens with one attached hydrogen (secondary N) is 1. The second-order valence-corrected chi connectivity index (χ2v) is 9.63. The zero-order valence-electron chi connectivity index (χ0n) is 20.1. The van der Waals surface area contributed by atoms with E-state index in [0.29, 0.717) is 34.2 Å². The fourth-order valence-electron chi connectivity index (χ4n) is 3.63. The molecule has 0 bridgehead atoms. The number of aromatic nitrogens is 2. The van der Waals surface area contributed by atoms with Crippen LogP contribution < -0.4 is 20.5 Å². The topological polar surface area (TPSA) is 82.5 Å². The number of aryl methyl sites for hydroxylation is 1. The highest BCUT2D eigenvalue weighted by molar-refractivity contribution is 7.19. The quantitative estimate of drug-likeness (QED) is 0.342. The molecule has 2 aromatic heterocycles. The SMILES string of the molecule is COc1cc(/C=C/C(=O)Nn2cnc3sc(C)c(-c4ccccc4)c3c2=O)ccc1OCC(C)C. The molecule has 1 amide bonds. The van der Waals surface area contributed by atoms with Gasteiger partial charge in [0.1, 0.15) is 11.2 Å². The molecule has 2 aromatic carbocycles. The Morgan fingerprint density at radius 1 is 1.17 bits per heavy atom. The van der Waals surface area contributed by atoms with Gasteiger partial charge in [0.25, 0.3) is 11.5 Å². The van der Waals surface area contributed by atoms with Crippen LogP contribution in [0.1, 0.15) is 24.3 Å². The second kappa shape index (κ2) is 10.6. The molecule has 0 radical (unpaired) electrons. The monoisotopic (exact) mass is 489 g/mol. The van der Waals surface area contributed by atoms with Crippen molar-refractivity contribution in [3.05, 3.63) is 81.7 Å². The summed E-state index contributed by atoms with van der Waals surface area (Å²) in [5.41, 5.74) is 4.81. The van der Waals surface area contributed by atoms with Gasteiger partial charge in [-0.3, -0.25) is 15.0 Å². The van der Waals surface area contributed by atoms with E-state index in [9.17, 15) is 9.59 Å². The molecule has 2 heterocycles. The number of thiophene rings is 1. The van der Waals surface area contributed by atoms with Crippen LogP contribution in [0.5, 0.6) is 11.5 Å². The number of carbonyl (C=O) groups excluding carboxylic acids is 1. The smallest absolute Gasteiger partial charge is 0.281 e. The van der Waals surface area contributed by atoms with E-state index in [4.69, 9.17) is 9.47 Å². The fraction of sp³-hybridized carbons (Fsp3) is 0.222. The number of benzene rings is 2. The van der Waals surface area contributed by atoms with Crippen LogP contribution in [0, 0.1) is 12.8 Å². The Bertz CT molecular complexity index is 1440. The van der Waals surface area contributed by atoms with Crippen molar-refractivity contribution < 1.29 is 14.3 Å². The molecule has 8 heteroatoms. The van der Waals surface area contributed by atoms with Crippen LogP contribution in [0.4, 0.5) is 0 Å². The minimum Gasteiger partial charge on any atom is -0.493 e. The first-order chi connectivity index (χ1) is 16.9. The molecule has 35 heavy (non-hydrogen) atoms. The number of carbonyl (C=O) groups is 1. The highest BCUT2D eigenvalue weighted by Crippen LogP contribution is 2.35. The number of hydrogen-bond acceptors (Lipinski definition) is 6. The molecule has 4 rings (SSSR count). The van der Waals surface area contributed by atoms with Crippen molar-refractivity contribution in [2.75, 3.05) is 19.1 Å². The Morgan fingerprint density at radius 3 is 2.66 bits per heavy atom. The standard InChI is InChI=1S/C27H27N3O4S/c1-17(2)15-34-21-12-10-19(14-22(21)33-4)11-13-23(31)29-30-16-28-26-25(27(30)32)24(18(3)35-26)20-8-6-5-7-9-20/h5-14,16-17H,15H2,1-4H3,(H,29,31)/b13-11+. The minimum atomic E-state index is -0.458. The van der Waals surface area contributed by atoms with Gasteiger partial charge in [0.15, 0.2) is 11.5 Å². The van der Waals surface area contributed by atoms with E-state index in [1.165, 1.54) is 23.7 Å². The molecule has 0 aliphatic heterocycles. The zero-order chi connectivity index (χ0) is 24.9. The predicted octanol–water partition coefficient (Wildman–Crippen LogP) is 5.26. The lowest BCUT2D eigenvalue weighted by Crippen LogP contribution is -2.32. The first kappa shape index (κ1) is 24.2. The molecule has 0 unspecified atom stereocenters. The summed E-state index contributed by atoms with van der Waals surface area (Å²) < 4.78 is 12.3. The average molecular weight is 490 g/mol. The third kappa shape index (κ3) is 5.44. The van der Waals surface area contributed by atoms with Gasteiger partial charge in [0, 0.05) is 16.5 Å². The van der Waals surface area contributed by atoms with Crippen molar-refractivity contribution in [1.82, 2.24) is 9.66 Å². The minimum absolute atomic E-state index is 0.326. The van der Waals surface area contributed by atoms with E-state index in [1.807, 2.05) is 49.4 Å². The van der Waals surface area contributed by atoms with Crippen molar-refractivity contribution in [3.63, 3.8) is 0 Å². The number of hydrogen-bond donors (Lipinski definition) is 1. The van der Waals surface area contributed by atoms with Crippen LogP contribution in [0.2, 0.25) is 0 Å². The van der Waals surface area contributed by atoms with Gasteiger partial charge in [-0.25, -0.2) is 9.66 Å². The molecule has 4 aromatic rings. The maximum Gasteiger partial charge on any atom is 0.281 e. The van der Waals surface area contributed by atoms with Crippen LogP contribution in [-0.2, 0) is 4.79 Å². The largest absolute Gasteiger partial charge is 0.493 e. The Labute approximate surface area is 207 Å². The van der Waals surface area contributed by atoms with Crippen molar-refractivity contribution in [2.24, 2.45) is 5.92 Å². The molecule has 0 saturated carbocycles. The number of fused-ring (bicyclic) bond motifs is 1. The molecule has 7 nitrogen and oxygen atoms in total. The van der Waals surface area contributed by atoms with E-state index in [0.717, 1.165) is 26.2 Å². The third-order valence-electron chi connectivity index (χ3n) is 5.27. The number of methoxy groups -OCH3 is 1. The van der Waals surface area contributed by atoms with Crippen molar-refractivity contribution in [1.29, 1.82) is 0 Å². The summed E-state index contributed by atoms with van der Waals surface area (Å²) in [4.78, 5) is 31.9. The lowest BCUT2D eigenvalue weighted by molar-refractivity contribution is -0.112. The summed E-state index contributed by atoms with van der Waals surface area (Å²) >= 11 is 1.46. The Balaban J connectivity index is 1.55. The highest BCUT2D eigenvalue weighted by atomic mass is 32.1. The van der Waals surface area contributed by atoms with Crippen molar-refractivity contribution in [2.45, 2.75) is 20.8 Å². The normalized spacial score (nSPS) is 11.3. The maximum absolute atomic E-state index is 13.2. The molecular weight excluding hydrogens is 462 g/mol. The summed E-state index contributed by atoms with van der Waals surface area (Å²) in [6.07, 6.45) is 4.34. The molecule has 180 valence electrons. The van der Waals surface area contributed by atoms with Gasteiger partial charge in [0.2, 0.25) is 0 Å². The van der Waals surface area contributed by atoms with Gasteiger partial charge in [-0.2, -0.15) is 0 Å². The molecular formula is C27H27N3O4S. The average Bonchev–Trinajstić information content (AvgIpc) is 3.20. The van der Waals surface area contributed by atoms with E-state index in [2.05, 4.69) is 24.3 Å². The lowest BCUT2D eigenvalue weighted by Gasteiger charge is -2.12. The van der Waals surface area contributed by atoms with E-state index < -0.39 is 5.91 Å². The van der Waals surface area contributed by atoms with E-state index in [-0.39, 0.29) is 5.56 Å². The predicted molar refractivity (Wildman–Crippen MR) is 141 cm³/mol. The summed E-state index contributed by atoms with van der Waals surface area (Å²) in [5.74, 6) is 1.16. The Kier molecular flexibility index (Phi) is 7.31. The van der Waals surface area contributed by atoms with Gasteiger partial charge >= 0.3 is 0 Å². The zero-order valence-corrected chi connectivity index (χ0v) is 20.9. The summed E-state index contributed by atoms with van der Waals surface area (Å²) in [6, 6.07) is 15.1. The molecule has 0 spiro atoms. The van der Waals surface area contributed by atoms with Gasteiger partial charge in [-0.1, -0.05) is 50.2 Å². The third-order valence-corrected chi connectivity index (χ3v) is 6.28. The van der Waals surface area contributed by atoms with Gasteiger partial charge in [-0.05, 0) is 42.2 Å². The van der Waals surface area contributed by atoms with Crippen molar-refractivity contribution >= 4 is 33.5 Å². The van der Waals surface area contributed by atoms with E-state index in [1.54, 1.807) is 19.3 Å². The Hall–Kier alpha value is -3.91. The number of ether oxygens (including phenoxy) is 2. The van der Waals surface area contributed by atoms with Crippen LogP contribution in [0.15, 0.2) is 65.7 Å². The molecule has 0 aliphatic rings. The first-order valence-electron chi connectivity index (χ1n) is 11.2. The number of amides is 1. The lowest BCUT2D eigenvalue weighted by atomic mass is 10.0. The van der Waals surface area contributed by atoms with Crippen LogP contribution in [-0.4, -0.2) is 29.3 Å². The molecule has 0 aliphatic carbocycles. The van der Waals surface area contributed by atoms with Crippen LogP contribution in [0.3, 0.4) is 0 Å². The van der Waals surface area contributed by atoms with Gasteiger partial charge in [-0.15, -0.1) is 11.3 Å². The fourth-order valence-corrected chi connectivity index (χ4v) is 4.63. The Morgan fingerprint density at radius 2 is 1.94 bits per heavy atom.